The lowest BCUT2D eigenvalue weighted by Gasteiger charge is -2.26. The van der Waals surface area contributed by atoms with E-state index in [1.54, 1.807) is 0 Å². The lowest BCUT2D eigenvalue weighted by molar-refractivity contribution is -0.138. The number of rotatable bonds is 13. The minimum atomic E-state index is -1.04. The first-order valence-electron chi connectivity index (χ1n) is 10.7. The number of alkyl carbamates (subject to hydrolysis) is 1. The second-order valence-corrected chi connectivity index (χ2v) is 8.13. The van der Waals surface area contributed by atoms with Gasteiger partial charge in [-0.2, -0.15) is 0 Å². The molecular weight excluding hydrogens is 400 g/mol. The highest BCUT2D eigenvalue weighted by Gasteiger charge is 2.30. The number of hydrogen-bond donors (Lipinski definition) is 3. The average Bonchev–Trinajstić information content (AvgIpc) is 2.72. The van der Waals surface area contributed by atoms with E-state index in [0.717, 1.165) is 5.56 Å². The maximum absolute atomic E-state index is 12.9. The van der Waals surface area contributed by atoms with Gasteiger partial charge < -0.3 is 20.5 Å². The highest BCUT2D eigenvalue weighted by Crippen LogP contribution is 2.12. The maximum atomic E-state index is 12.9. The zero-order chi connectivity index (χ0) is 23.4. The summed E-state index contributed by atoms with van der Waals surface area (Å²) in [5.74, 6) is -1.94. The quantitative estimate of drug-likeness (QED) is 0.438. The van der Waals surface area contributed by atoms with Crippen molar-refractivity contribution in [3.8, 4) is 0 Å². The van der Waals surface area contributed by atoms with Crippen molar-refractivity contribution in [3.63, 3.8) is 0 Å². The number of nitrogens with one attached hydrogen (secondary N) is 2. The molecule has 3 atom stereocenters. The summed E-state index contributed by atoms with van der Waals surface area (Å²) in [5.41, 5.74) is 0.815. The Labute approximate surface area is 183 Å². The lowest BCUT2D eigenvalue weighted by atomic mass is 9.95. The number of aliphatic carboxylic acids is 1. The number of carbonyl (C=O) groups excluding carboxylic acids is 3. The van der Waals surface area contributed by atoms with Crippen molar-refractivity contribution in [1.29, 1.82) is 0 Å². The fourth-order valence-electron chi connectivity index (χ4n) is 2.98. The molecule has 0 aliphatic heterocycles. The van der Waals surface area contributed by atoms with Crippen LogP contribution in [-0.2, 0) is 25.7 Å². The van der Waals surface area contributed by atoms with E-state index >= 15 is 0 Å². The molecule has 0 spiro atoms. The highest BCUT2D eigenvalue weighted by atomic mass is 16.5. The Hall–Kier alpha value is -2.90. The summed E-state index contributed by atoms with van der Waals surface area (Å²) in [4.78, 5) is 48.7. The van der Waals surface area contributed by atoms with Crippen molar-refractivity contribution in [3.05, 3.63) is 35.9 Å². The molecule has 0 fully saturated rings. The van der Waals surface area contributed by atoms with Gasteiger partial charge in [0.25, 0.3) is 0 Å². The highest BCUT2D eigenvalue weighted by molar-refractivity contribution is 5.92. The summed E-state index contributed by atoms with van der Waals surface area (Å²) in [6.45, 7) is 7.51. The summed E-state index contributed by atoms with van der Waals surface area (Å²) in [6.07, 6.45) is -0.143. The Morgan fingerprint density at radius 3 is 2.23 bits per heavy atom. The lowest BCUT2D eigenvalue weighted by Crippen LogP contribution is -2.54. The van der Waals surface area contributed by atoms with Gasteiger partial charge in [0.15, 0.2) is 5.78 Å². The van der Waals surface area contributed by atoms with E-state index in [4.69, 9.17) is 9.84 Å². The van der Waals surface area contributed by atoms with Gasteiger partial charge >= 0.3 is 12.1 Å². The molecule has 1 rings (SSSR count). The molecule has 3 N–H and O–H groups in total. The van der Waals surface area contributed by atoms with Crippen LogP contribution in [0.5, 0.6) is 0 Å². The molecule has 8 heteroatoms. The number of carbonyl (C=O) groups is 4. The van der Waals surface area contributed by atoms with Crippen LogP contribution in [0.15, 0.2) is 30.3 Å². The predicted octanol–water partition coefficient (Wildman–Crippen LogP) is 3.29. The fraction of sp³-hybridized carbons (Fsp3) is 0.565. The molecule has 0 bridgehead atoms. The van der Waals surface area contributed by atoms with Gasteiger partial charge in [0.1, 0.15) is 12.6 Å². The average molecular weight is 435 g/mol. The SMILES string of the molecule is CC[C@H](C)[C@H](NC(=O)OCc1ccccc1)C(=O)N[C@@H](CCC(=O)O)C(=O)CC(C)C. The smallest absolute Gasteiger partial charge is 0.408 e. The molecule has 2 amide bonds. The molecule has 0 aliphatic carbocycles. The summed E-state index contributed by atoms with van der Waals surface area (Å²) in [5, 5.41) is 14.2. The molecule has 0 heterocycles. The summed E-state index contributed by atoms with van der Waals surface area (Å²) in [7, 11) is 0. The largest absolute Gasteiger partial charge is 0.481 e. The van der Waals surface area contributed by atoms with Crippen LogP contribution in [0.3, 0.4) is 0 Å². The second kappa shape index (κ2) is 13.4. The number of ether oxygens (including phenoxy) is 1. The van der Waals surface area contributed by atoms with Crippen LogP contribution < -0.4 is 10.6 Å². The van der Waals surface area contributed by atoms with Crippen molar-refractivity contribution >= 4 is 23.8 Å². The normalized spacial score (nSPS) is 13.7. The second-order valence-electron chi connectivity index (χ2n) is 8.13. The van der Waals surface area contributed by atoms with E-state index < -0.39 is 30.1 Å². The van der Waals surface area contributed by atoms with Crippen LogP contribution in [0.1, 0.15) is 58.9 Å². The van der Waals surface area contributed by atoms with E-state index in [2.05, 4.69) is 10.6 Å². The summed E-state index contributed by atoms with van der Waals surface area (Å²) < 4.78 is 5.21. The van der Waals surface area contributed by atoms with Crippen molar-refractivity contribution in [2.24, 2.45) is 11.8 Å². The molecule has 1 aromatic carbocycles. The Kier molecular flexibility index (Phi) is 11.3. The molecule has 1 aromatic rings. The van der Waals surface area contributed by atoms with E-state index in [-0.39, 0.29) is 43.5 Å². The van der Waals surface area contributed by atoms with Gasteiger partial charge in [0.05, 0.1) is 6.04 Å². The number of benzene rings is 1. The Balaban J connectivity index is 2.81. The third-order valence-electron chi connectivity index (χ3n) is 4.94. The van der Waals surface area contributed by atoms with Crippen LogP contribution in [0.25, 0.3) is 0 Å². The van der Waals surface area contributed by atoms with Gasteiger partial charge in [-0.1, -0.05) is 64.4 Å². The van der Waals surface area contributed by atoms with Crippen LogP contribution in [-0.4, -0.2) is 40.9 Å². The molecular formula is C23H34N2O6. The predicted molar refractivity (Wildman–Crippen MR) is 116 cm³/mol. The fourth-order valence-corrected chi connectivity index (χ4v) is 2.98. The molecule has 0 saturated heterocycles. The van der Waals surface area contributed by atoms with Gasteiger partial charge in [-0.25, -0.2) is 4.79 Å². The Bertz CT molecular complexity index is 735. The molecule has 0 aliphatic rings. The monoisotopic (exact) mass is 434 g/mol. The number of carboxylic acid groups (broad SMARTS) is 1. The zero-order valence-corrected chi connectivity index (χ0v) is 18.7. The summed E-state index contributed by atoms with van der Waals surface area (Å²) in [6, 6.07) is 7.33. The Morgan fingerprint density at radius 1 is 1.03 bits per heavy atom. The van der Waals surface area contributed by atoms with E-state index in [0.29, 0.717) is 6.42 Å². The molecule has 0 unspecified atom stereocenters. The summed E-state index contributed by atoms with van der Waals surface area (Å²) >= 11 is 0. The van der Waals surface area contributed by atoms with E-state index in [9.17, 15) is 19.2 Å². The van der Waals surface area contributed by atoms with Crippen molar-refractivity contribution in [2.75, 3.05) is 0 Å². The minimum absolute atomic E-state index is 0.00168. The molecule has 0 saturated carbocycles. The van der Waals surface area contributed by atoms with Gasteiger partial charge in [-0.15, -0.1) is 0 Å². The molecule has 31 heavy (non-hydrogen) atoms. The van der Waals surface area contributed by atoms with Crippen molar-refractivity contribution in [1.82, 2.24) is 10.6 Å². The van der Waals surface area contributed by atoms with E-state index in [1.807, 2.05) is 58.0 Å². The topological polar surface area (TPSA) is 122 Å². The van der Waals surface area contributed by atoms with Crippen LogP contribution in [0.4, 0.5) is 4.79 Å². The Morgan fingerprint density at radius 2 is 1.68 bits per heavy atom. The van der Waals surface area contributed by atoms with E-state index in [1.165, 1.54) is 0 Å². The van der Waals surface area contributed by atoms with Gasteiger partial charge in [-0.05, 0) is 23.8 Å². The van der Waals surface area contributed by atoms with Crippen molar-refractivity contribution in [2.45, 2.75) is 72.1 Å². The van der Waals surface area contributed by atoms with Crippen LogP contribution in [0, 0.1) is 11.8 Å². The number of carboxylic acids is 1. The molecule has 8 nitrogen and oxygen atoms in total. The third-order valence-corrected chi connectivity index (χ3v) is 4.94. The molecule has 0 aromatic heterocycles. The maximum Gasteiger partial charge on any atom is 0.408 e. The van der Waals surface area contributed by atoms with Crippen molar-refractivity contribution < 1.29 is 29.0 Å². The third kappa shape index (κ3) is 10.1. The minimum Gasteiger partial charge on any atom is -0.481 e. The first-order valence-corrected chi connectivity index (χ1v) is 10.7. The van der Waals surface area contributed by atoms with Crippen LogP contribution >= 0.6 is 0 Å². The van der Waals surface area contributed by atoms with Gasteiger partial charge in [-0.3, -0.25) is 14.4 Å². The number of hydrogen-bond acceptors (Lipinski definition) is 5. The standard InChI is InChI=1S/C23H34N2O6/c1-5-16(4)21(25-23(30)31-14-17-9-7-6-8-10-17)22(29)24-18(11-12-20(27)28)19(26)13-15(2)3/h6-10,15-16,18,21H,5,11-14H2,1-4H3,(H,24,29)(H,25,30)(H,27,28)/t16-,18-,21-/m0/s1. The molecule has 172 valence electrons. The first kappa shape index (κ1) is 26.1. The zero-order valence-electron chi connectivity index (χ0n) is 18.7. The first-order chi connectivity index (χ1) is 14.6. The number of amides is 2. The van der Waals surface area contributed by atoms with Gasteiger partial charge in [0, 0.05) is 12.8 Å². The van der Waals surface area contributed by atoms with Crippen LogP contribution in [0.2, 0.25) is 0 Å². The number of Topliss-reactive ketones (excluding diaryl/α,β-unsaturated/α-hetero) is 1. The molecule has 0 radical (unpaired) electrons. The van der Waals surface area contributed by atoms with Gasteiger partial charge in [0.2, 0.25) is 5.91 Å². The number of ketones is 1.